The van der Waals surface area contributed by atoms with Gasteiger partial charge in [-0.15, -0.1) is 0 Å². The third-order valence-corrected chi connectivity index (χ3v) is 5.63. The van der Waals surface area contributed by atoms with Crippen LogP contribution >= 0.6 is 0 Å². The van der Waals surface area contributed by atoms with Crippen LogP contribution in [0, 0.1) is 5.82 Å². The summed E-state index contributed by atoms with van der Waals surface area (Å²) in [6, 6.07) is 5.87. The molecule has 1 unspecified atom stereocenters. The maximum absolute atomic E-state index is 13.9. The highest BCUT2D eigenvalue weighted by molar-refractivity contribution is 7.91. The van der Waals surface area contributed by atoms with E-state index in [-0.39, 0.29) is 37.4 Å². The molecule has 1 aliphatic heterocycles. The second kappa shape index (κ2) is 6.43. The number of halogens is 1. The Morgan fingerprint density at radius 3 is 2.76 bits per heavy atom. The summed E-state index contributed by atoms with van der Waals surface area (Å²) in [5.74, 6) is -0.721. The van der Waals surface area contributed by atoms with Gasteiger partial charge in [-0.2, -0.15) is 0 Å². The Morgan fingerprint density at radius 1 is 1.38 bits per heavy atom. The van der Waals surface area contributed by atoms with E-state index in [4.69, 9.17) is 4.74 Å². The highest BCUT2D eigenvalue weighted by Crippen LogP contribution is 2.31. The van der Waals surface area contributed by atoms with Gasteiger partial charge in [-0.05, 0) is 19.4 Å². The highest BCUT2D eigenvalue weighted by Gasteiger charge is 2.34. The number of amides is 1. The highest BCUT2D eigenvalue weighted by atomic mass is 32.2. The molecule has 0 bridgehead atoms. The normalized spacial score (nSPS) is 21.6. The number of carbonyl (C=O) groups is 1. The zero-order valence-corrected chi connectivity index (χ0v) is 12.6. The number of benzene rings is 1. The minimum absolute atomic E-state index is 0.0755. The quantitative estimate of drug-likeness (QED) is 0.839. The molecule has 0 saturated carbocycles. The van der Waals surface area contributed by atoms with Crippen molar-refractivity contribution in [3.05, 3.63) is 35.6 Å². The number of rotatable bonds is 2. The fourth-order valence-electron chi connectivity index (χ4n) is 2.43. The van der Waals surface area contributed by atoms with Crippen LogP contribution in [0.15, 0.2) is 24.3 Å². The summed E-state index contributed by atoms with van der Waals surface area (Å²) < 4.78 is 43.4. The van der Waals surface area contributed by atoms with Gasteiger partial charge in [0.25, 0.3) is 0 Å². The van der Waals surface area contributed by atoms with E-state index in [9.17, 15) is 17.6 Å². The number of nitrogens with zero attached hydrogens (tertiary/aromatic N) is 1. The van der Waals surface area contributed by atoms with Crippen LogP contribution in [-0.4, -0.2) is 44.9 Å². The minimum Gasteiger partial charge on any atom is -0.450 e. The molecule has 5 nitrogen and oxygen atoms in total. The molecule has 1 amide bonds. The summed E-state index contributed by atoms with van der Waals surface area (Å²) in [4.78, 5) is 13.1. The van der Waals surface area contributed by atoms with Gasteiger partial charge in [-0.25, -0.2) is 17.6 Å². The monoisotopic (exact) mass is 315 g/mol. The Bertz CT molecular complexity index is 617. The molecule has 0 aromatic heterocycles. The average molecular weight is 315 g/mol. The Balaban J connectivity index is 2.24. The van der Waals surface area contributed by atoms with Crippen molar-refractivity contribution in [2.75, 3.05) is 25.4 Å². The molecule has 1 aromatic carbocycles. The number of hydrogen-bond acceptors (Lipinski definition) is 4. The maximum atomic E-state index is 13.9. The molecule has 0 radical (unpaired) electrons. The molecule has 7 heteroatoms. The van der Waals surface area contributed by atoms with Crippen molar-refractivity contribution in [1.82, 2.24) is 4.90 Å². The van der Waals surface area contributed by atoms with Crippen LogP contribution in [0.4, 0.5) is 9.18 Å². The lowest BCUT2D eigenvalue weighted by Gasteiger charge is -2.19. The van der Waals surface area contributed by atoms with Gasteiger partial charge in [0.2, 0.25) is 0 Å². The van der Waals surface area contributed by atoms with E-state index in [1.807, 2.05) is 0 Å². The van der Waals surface area contributed by atoms with Crippen molar-refractivity contribution in [2.45, 2.75) is 18.6 Å². The molecule has 116 valence electrons. The second-order valence-electron chi connectivity index (χ2n) is 4.85. The Morgan fingerprint density at radius 2 is 2.10 bits per heavy atom. The number of sulfone groups is 1. The molecular formula is C14H18FNO4S. The van der Waals surface area contributed by atoms with Crippen LogP contribution in [0.25, 0.3) is 0 Å². The standard InChI is InChI=1S/C14H18FNO4S/c1-2-20-14(17)16-8-7-13(21(18,19)10-9-16)11-5-3-4-6-12(11)15/h3-6,13H,2,7-10H2,1H3. The van der Waals surface area contributed by atoms with Gasteiger partial charge < -0.3 is 9.64 Å². The van der Waals surface area contributed by atoms with Crippen molar-refractivity contribution in [3.8, 4) is 0 Å². The van der Waals surface area contributed by atoms with Crippen LogP contribution in [0.5, 0.6) is 0 Å². The van der Waals surface area contributed by atoms with Crippen molar-refractivity contribution in [3.63, 3.8) is 0 Å². The lowest BCUT2D eigenvalue weighted by molar-refractivity contribution is 0.109. The number of carbonyl (C=O) groups excluding carboxylic acids is 1. The van der Waals surface area contributed by atoms with E-state index >= 15 is 0 Å². The molecule has 0 aliphatic carbocycles. The molecular weight excluding hydrogens is 297 g/mol. The van der Waals surface area contributed by atoms with Crippen molar-refractivity contribution in [2.24, 2.45) is 0 Å². The van der Waals surface area contributed by atoms with Crippen LogP contribution < -0.4 is 0 Å². The minimum atomic E-state index is -3.51. The van der Waals surface area contributed by atoms with Gasteiger partial charge in [-0.1, -0.05) is 18.2 Å². The van der Waals surface area contributed by atoms with E-state index in [2.05, 4.69) is 0 Å². The van der Waals surface area contributed by atoms with E-state index in [0.717, 1.165) is 0 Å². The van der Waals surface area contributed by atoms with E-state index in [1.54, 1.807) is 13.0 Å². The molecule has 1 aromatic rings. The summed E-state index contributed by atoms with van der Waals surface area (Å²) in [7, 11) is -3.51. The van der Waals surface area contributed by atoms with Crippen molar-refractivity contribution < 1.29 is 22.3 Å². The first kappa shape index (κ1) is 15.8. The Kier molecular flexibility index (Phi) is 4.82. The second-order valence-corrected chi connectivity index (χ2v) is 7.15. The van der Waals surface area contributed by atoms with Crippen LogP contribution in [-0.2, 0) is 14.6 Å². The number of ether oxygens (including phenoxy) is 1. The van der Waals surface area contributed by atoms with Gasteiger partial charge in [0, 0.05) is 18.7 Å². The lowest BCUT2D eigenvalue weighted by Crippen LogP contribution is -2.34. The first-order valence-electron chi connectivity index (χ1n) is 6.83. The Labute approximate surface area is 123 Å². The molecule has 0 spiro atoms. The van der Waals surface area contributed by atoms with Crippen LogP contribution in [0.3, 0.4) is 0 Å². The largest absolute Gasteiger partial charge is 0.450 e. The van der Waals surface area contributed by atoms with Gasteiger partial charge >= 0.3 is 6.09 Å². The fourth-order valence-corrected chi connectivity index (χ4v) is 4.23. The van der Waals surface area contributed by atoms with E-state index in [1.165, 1.54) is 23.1 Å². The number of hydrogen-bond donors (Lipinski definition) is 0. The Hall–Kier alpha value is -1.63. The fraction of sp³-hybridized carbons (Fsp3) is 0.500. The topological polar surface area (TPSA) is 63.7 Å². The predicted octanol–water partition coefficient (Wildman–Crippen LogP) is 2.14. The molecule has 1 aliphatic rings. The molecule has 21 heavy (non-hydrogen) atoms. The summed E-state index contributed by atoms with van der Waals surface area (Å²) >= 11 is 0. The van der Waals surface area contributed by atoms with Crippen molar-refractivity contribution >= 4 is 15.9 Å². The summed E-state index contributed by atoms with van der Waals surface area (Å²) in [6.07, 6.45) is -0.357. The third-order valence-electron chi connectivity index (χ3n) is 3.52. The zero-order valence-electron chi connectivity index (χ0n) is 11.8. The van der Waals surface area contributed by atoms with Gasteiger partial charge in [0.15, 0.2) is 9.84 Å². The molecule has 1 fully saturated rings. The maximum Gasteiger partial charge on any atom is 0.409 e. The lowest BCUT2D eigenvalue weighted by atomic mass is 10.1. The average Bonchev–Trinajstić information content (AvgIpc) is 2.58. The van der Waals surface area contributed by atoms with Gasteiger partial charge in [0.1, 0.15) is 5.82 Å². The first-order chi connectivity index (χ1) is 9.95. The summed E-state index contributed by atoms with van der Waals surface area (Å²) in [5.41, 5.74) is 0.170. The molecule has 1 atom stereocenters. The third kappa shape index (κ3) is 3.53. The predicted molar refractivity (Wildman–Crippen MR) is 76.1 cm³/mol. The smallest absolute Gasteiger partial charge is 0.409 e. The van der Waals surface area contributed by atoms with Crippen LogP contribution in [0.2, 0.25) is 0 Å². The first-order valence-corrected chi connectivity index (χ1v) is 8.55. The molecule has 2 rings (SSSR count). The summed E-state index contributed by atoms with van der Waals surface area (Å²) in [5, 5.41) is -0.918. The van der Waals surface area contributed by atoms with Gasteiger partial charge in [-0.3, -0.25) is 0 Å². The molecule has 1 heterocycles. The van der Waals surface area contributed by atoms with Crippen molar-refractivity contribution in [1.29, 1.82) is 0 Å². The van der Waals surface area contributed by atoms with E-state index < -0.39 is 27.0 Å². The van der Waals surface area contributed by atoms with E-state index in [0.29, 0.717) is 0 Å². The van der Waals surface area contributed by atoms with Crippen LogP contribution in [0.1, 0.15) is 24.2 Å². The molecule has 1 saturated heterocycles. The van der Waals surface area contributed by atoms with Gasteiger partial charge in [0.05, 0.1) is 17.6 Å². The molecule has 0 N–H and O–H groups in total. The zero-order chi connectivity index (χ0) is 15.5. The SMILES string of the molecule is CCOC(=O)N1CCC(c2ccccc2F)S(=O)(=O)CC1. The summed E-state index contributed by atoms with van der Waals surface area (Å²) in [6.45, 7) is 2.23.